The van der Waals surface area contributed by atoms with Crippen molar-refractivity contribution in [1.29, 1.82) is 0 Å². The number of aryl methyl sites for hydroxylation is 2. The van der Waals surface area contributed by atoms with Gasteiger partial charge in [0.05, 0.1) is 23.1 Å². The van der Waals surface area contributed by atoms with Gasteiger partial charge in [-0.05, 0) is 38.8 Å². The number of hydrogen-bond acceptors (Lipinski definition) is 4. The Morgan fingerprint density at radius 3 is 2.04 bits per heavy atom. The van der Waals surface area contributed by atoms with Crippen molar-refractivity contribution in [2.45, 2.75) is 46.6 Å². The van der Waals surface area contributed by atoms with Crippen molar-refractivity contribution in [2.75, 3.05) is 0 Å². The second kappa shape index (κ2) is 7.61. The van der Waals surface area contributed by atoms with Crippen LogP contribution in [0.15, 0.2) is 50.1 Å². The van der Waals surface area contributed by atoms with E-state index >= 15 is 0 Å². The average Bonchev–Trinajstić information content (AvgIpc) is 3.11. The second-order valence-electron chi connectivity index (χ2n) is 6.49. The van der Waals surface area contributed by atoms with E-state index in [4.69, 9.17) is 0 Å². The summed E-state index contributed by atoms with van der Waals surface area (Å²) in [4.78, 5) is 25.3. The minimum Gasteiger partial charge on any atom is -0.297 e. The number of nitrogens with zero attached hydrogens (tertiary/aromatic N) is 4. The van der Waals surface area contributed by atoms with Crippen molar-refractivity contribution in [1.82, 2.24) is 19.6 Å². The number of benzene rings is 1. The van der Waals surface area contributed by atoms with E-state index in [9.17, 15) is 9.59 Å². The lowest BCUT2D eigenvalue weighted by Crippen LogP contribution is -2.21. The molecule has 2 aromatic heterocycles. The maximum atomic E-state index is 12.7. The Hall–Kier alpha value is -3.16. The summed E-state index contributed by atoms with van der Waals surface area (Å²) in [6, 6.07) is 9.31. The van der Waals surface area contributed by atoms with Gasteiger partial charge in [0, 0.05) is 0 Å². The Morgan fingerprint density at radius 2 is 1.44 bits per heavy atom. The fraction of sp³-hybridized carbons (Fsp3) is 0.368. The quantitative estimate of drug-likeness (QED) is 0.641. The zero-order valence-electron chi connectivity index (χ0n) is 16.0. The third-order valence-corrected chi connectivity index (χ3v) is 4.68. The van der Waals surface area contributed by atoms with Crippen LogP contribution in [0.2, 0.25) is 0 Å². The van der Waals surface area contributed by atoms with Gasteiger partial charge in [0.15, 0.2) is 11.4 Å². The Kier molecular flexibility index (Phi) is 5.25. The first kappa shape index (κ1) is 18.6. The van der Waals surface area contributed by atoms with Gasteiger partial charge in [0.1, 0.15) is 0 Å². The summed E-state index contributed by atoms with van der Waals surface area (Å²) in [5.41, 5.74) is 1.81. The molecule has 0 unspecified atom stereocenters. The molecule has 2 heterocycles. The van der Waals surface area contributed by atoms with Gasteiger partial charge in [-0.15, -0.1) is 10.2 Å². The average molecular weight is 368 g/mol. The maximum Gasteiger partial charge on any atom is 0.299 e. The molecule has 0 atom stereocenters. The second-order valence-corrected chi connectivity index (χ2v) is 6.49. The highest BCUT2D eigenvalue weighted by molar-refractivity contribution is 5.45. The van der Waals surface area contributed by atoms with Crippen LogP contribution in [0.5, 0.6) is 0 Å². The summed E-state index contributed by atoms with van der Waals surface area (Å²) in [6.07, 6.45) is 1.68. The zero-order valence-corrected chi connectivity index (χ0v) is 16.0. The Balaban J connectivity index is 2.00. The maximum absolute atomic E-state index is 12.7. The minimum absolute atomic E-state index is 0.0875. The Morgan fingerprint density at radius 1 is 0.889 bits per heavy atom. The van der Waals surface area contributed by atoms with Gasteiger partial charge in [0.25, 0.3) is 11.1 Å². The van der Waals surface area contributed by atoms with Gasteiger partial charge in [-0.25, -0.2) is 9.36 Å². The van der Waals surface area contributed by atoms with Crippen LogP contribution in [-0.2, 0) is 0 Å². The number of aromatic nitrogens is 4. The highest BCUT2D eigenvalue weighted by atomic mass is 16.1. The number of para-hydroxylation sites is 1. The molecule has 0 saturated heterocycles. The Bertz CT molecular complexity index is 1060. The first-order chi connectivity index (χ1) is 13.0. The van der Waals surface area contributed by atoms with Crippen LogP contribution in [0.3, 0.4) is 0 Å². The molecule has 8 heteroatoms. The van der Waals surface area contributed by atoms with E-state index in [0.717, 1.165) is 12.8 Å². The van der Waals surface area contributed by atoms with E-state index in [1.165, 1.54) is 4.68 Å². The first-order valence-electron chi connectivity index (χ1n) is 9.07. The predicted molar refractivity (Wildman–Crippen MR) is 105 cm³/mol. The normalized spacial score (nSPS) is 11.7. The number of nitrogens with one attached hydrogen (secondary N) is 2. The minimum atomic E-state index is -0.309. The van der Waals surface area contributed by atoms with Crippen LogP contribution in [0.25, 0.3) is 5.69 Å². The van der Waals surface area contributed by atoms with Crippen molar-refractivity contribution in [2.24, 2.45) is 10.2 Å². The smallest absolute Gasteiger partial charge is 0.297 e. The summed E-state index contributed by atoms with van der Waals surface area (Å²) in [5.74, 6) is 0. The van der Waals surface area contributed by atoms with Crippen molar-refractivity contribution < 1.29 is 0 Å². The first-order valence-corrected chi connectivity index (χ1v) is 9.07. The molecular weight excluding hydrogens is 344 g/mol. The molecule has 0 aliphatic heterocycles. The monoisotopic (exact) mass is 368 g/mol. The molecule has 0 aliphatic rings. The molecule has 2 N–H and O–H groups in total. The fourth-order valence-corrected chi connectivity index (χ4v) is 3.10. The highest BCUT2D eigenvalue weighted by Gasteiger charge is 2.17. The van der Waals surface area contributed by atoms with Gasteiger partial charge in [-0.1, -0.05) is 32.0 Å². The largest absolute Gasteiger partial charge is 0.299 e. The Labute approximate surface area is 156 Å². The lowest BCUT2D eigenvalue weighted by Gasteiger charge is -2.12. The van der Waals surface area contributed by atoms with Crippen LogP contribution in [-0.4, -0.2) is 19.6 Å². The highest BCUT2D eigenvalue weighted by Crippen LogP contribution is 2.21. The van der Waals surface area contributed by atoms with Gasteiger partial charge in [-0.2, -0.15) is 0 Å². The lowest BCUT2D eigenvalue weighted by molar-refractivity contribution is 0.416. The molecule has 0 amide bonds. The summed E-state index contributed by atoms with van der Waals surface area (Å²) in [5, 5.41) is 14.3. The van der Waals surface area contributed by atoms with Gasteiger partial charge in [0.2, 0.25) is 0 Å². The van der Waals surface area contributed by atoms with Crippen molar-refractivity contribution in [3.05, 3.63) is 62.4 Å². The lowest BCUT2D eigenvalue weighted by atomic mass is 10.2. The molecule has 3 rings (SSSR count). The molecule has 0 radical (unpaired) electrons. The zero-order chi connectivity index (χ0) is 19.6. The van der Waals surface area contributed by atoms with E-state index < -0.39 is 0 Å². The molecule has 27 heavy (non-hydrogen) atoms. The molecular formula is C19H24N6O2. The molecule has 1 aromatic carbocycles. The molecule has 0 aliphatic carbocycles. The van der Waals surface area contributed by atoms with E-state index in [-0.39, 0.29) is 28.5 Å². The molecule has 0 spiro atoms. The van der Waals surface area contributed by atoms with E-state index in [0.29, 0.717) is 17.1 Å². The third kappa shape index (κ3) is 3.42. The number of hydrogen-bond donors (Lipinski definition) is 2. The predicted octanol–water partition coefficient (Wildman–Crippen LogP) is 4.05. The summed E-state index contributed by atoms with van der Waals surface area (Å²) < 4.78 is 3.01. The van der Waals surface area contributed by atoms with E-state index in [2.05, 4.69) is 20.4 Å². The standard InChI is InChI=1S/C19H24N6O2/c1-5-14(6-2)24-18(26)16(12(3)22-24)20-21-17-13(4)23-25(19(17)27)15-10-8-7-9-11-15/h7-11,14,22-23H,5-6H2,1-4H3. The van der Waals surface area contributed by atoms with Gasteiger partial charge in [-0.3, -0.25) is 19.8 Å². The number of azo groups is 1. The number of rotatable bonds is 6. The number of aromatic amines is 2. The molecule has 0 saturated carbocycles. The molecule has 3 aromatic rings. The molecule has 142 valence electrons. The molecule has 0 bridgehead atoms. The number of H-pyrrole nitrogens is 2. The van der Waals surface area contributed by atoms with Crippen LogP contribution in [0, 0.1) is 13.8 Å². The van der Waals surface area contributed by atoms with Crippen LogP contribution in [0.4, 0.5) is 11.4 Å². The van der Waals surface area contributed by atoms with Crippen LogP contribution >= 0.6 is 0 Å². The molecule has 8 nitrogen and oxygen atoms in total. The third-order valence-electron chi connectivity index (χ3n) is 4.68. The summed E-state index contributed by atoms with van der Waals surface area (Å²) >= 11 is 0. The van der Waals surface area contributed by atoms with Gasteiger partial charge >= 0.3 is 0 Å². The molecule has 0 fully saturated rings. The van der Waals surface area contributed by atoms with Crippen LogP contribution in [0.1, 0.15) is 44.1 Å². The van der Waals surface area contributed by atoms with Crippen molar-refractivity contribution in [3.63, 3.8) is 0 Å². The van der Waals surface area contributed by atoms with Gasteiger partial charge < -0.3 is 0 Å². The topological polar surface area (TPSA) is 100 Å². The van der Waals surface area contributed by atoms with E-state index in [1.54, 1.807) is 18.5 Å². The van der Waals surface area contributed by atoms with E-state index in [1.807, 2.05) is 44.2 Å². The SMILES string of the molecule is CCC(CC)n1[nH]c(C)c(N=Nc2c(C)[nH]n(-c3ccccc3)c2=O)c1=O. The fourth-order valence-electron chi connectivity index (χ4n) is 3.10. The summed E-state index contributed by atoms with van der Waals surface area (Å²) in [7, 11) is 0. The van der Waals surface area contributed by atoms with Crippen molar-refractivity contribution >= 4 is 11.4 Å². The summed E-state index contributed by atoms with van der Waals surface area (Å²) in [6.45, 7) is 7.60. The van der Waals surface area contributed by atoms with Crippen LogP contribution < -0.4 is 11.1 Å². The van der Waals surface area contributed by atoms with Crippen molar-refractivity contribution in [3.8, 4) is 5.69 Å².